The molecule has 0 radical (unpaired) electrons. The van der Waals surface area contributed by atoms with E-state index in [1.165, 1.54) is 17.0 Å². The van der Waals surface area contributed by atoms with Crippen molar-refractivity contribution in [2.45, 2.75) is 31.3 Å². The zero-order valence-corrected chi connectivity index (χ0v) is 13.9. The van der Waals surface area contributed by atoms with E-state index in [0.717, 1.165) is 16.9 Å². The first-order valence-electron chi connectivity index (χ1n) is 6.65. The van der Waals surface area contributed by atoms with Gasteiger partial charge >= 0.3 is 5.97 Å². The van der Waals surface area contributed by atoms with Crippen molar-refractivity contribution >= 4 is 27.3 Å². The van der Waals surface area contributed by atoms with Crippen molar-refractivity contribution in [2.75, 3.05) is 0 Å². The van der Waals surface area contributed by atoms with Crippen LogP contribution < -0.4 is 5.14 Å². The molecule has 0 spiro atoms. The quantitative estimate of drug-likeness (QED) is 0.849. The molecule has 7 heteroatoms. The Morgan fingerprint density at radius 3 is 2.41 bits per heavy atom. The first-order valence-corrected chi connectivity index (χ1v) is 9.08. The molecule has 1 heterocycles. The van der Waals surface area contributed by atoms with Crippen LogP contribution in [0.1, 0.15) is 40.6 Å². The van der Waals surface area contributed by atoms with E-state index < -0.39 is 16.0 Å². The maximum atomic E-state index is 12.0. The van der Waals surface area contributed by atoms with E-state index in [1.807, 2.05) is 24.3 Å². The second-order valence-corrected chi connectivity index (χ2v) is 7.58. The number of carbonyl (C=O) groups is 1. The van der Waals surface area contributed by atoms with Crippen LogP contribution in [-0.4, -0.2) is 14.4 Å². The molecule has 0 saturated carbocycles. The number of hydrogen-bond acceptors (Lipinski definition) is 5. The molecule has 2 N–H and O–H groups in total. The highest BCUT2D eigenvalue weighted by molar-refractivity contribution is 7.89. The van der Waals surface area contributed by atoms with Crippen LogP contribution in [0.2, 0.25) is 0 Å². The monoisotopic (exact) mass is 339 g/mol. The van der Waals surface area contributed by atoms with Gasteiger partial charge in [0.1, 0.15) is 16.4 Å². The number of rotatable bonds is 5. The fourth-order valence-corrected chi connectivity index (χ4v) is 3.74. The summed E-state index contributed by atoms with van der Waals surface area (Å²) in [4.78, 5) is 11.8. The summed E-state index contributed by atoms with van der Waals surface area (Å²) in [6, 6.07) is 9.03. The Bertz CT molecular complexity index is 761. The molecule has 2 aromatic rings. The number of thiophene rings is 1. The van der Waals surface area contributed by atoms with Crippen LogP contribution in [-0.2, 0) is 21.4 Å². The van der Waals surface area contributed by atoms with Crippen molar-refractivity contribution in [3.05, 3.63) is 51.7 Å². The molecule has 5 nitrogen and oxygen atoms in total. The lowest BCUT2D eigenvalue weighted by molar-refractivity contribution is 0.0474. The summed E-state index contributed by atoms with van der Waals surface area (Å²) in [5.74, 6) is -0.257. The van der Waals surface area contributed by atoms with Crippen molar-refractivity contribution in [1.29, 1.82) is 0 Å². The van der Waals surface area contributed by atoms with Gasteiger partial charge in [0.15, 0.2) is 0 Å². The largest absolute Gasteiger partial charge is 0.457 e. The molecule has 0 saturated heterocycles. The zero-order chi connectivity index (χ0) is 16.3. The maximum absolute atomic E-state index is 12.0. The minimum Gasteiger partial charge on any atom is -0.457 e. The fraction of sp³-hybridized carbons (Fsp3) is 0.267. The minimum absolute atomic E-state index is 0.00120. The summed E-state index contributed by atoms with van der Waals surface area (Å²) >= 11 is 0.992. The molecular formula is C15H17NO4S2. The van der Waals surface area contributed by atoms with Gasteiger partial charge < -0.3 is 4.74 Å². The van der Waals surface area contributed by atoms with Crippen LogP contribution in [0.4, 0.5) is 0 Å². The predicted octanol–water partition coefficient (Wildman–Crippen LogP) is 2.88. The highest BCUT2D eigenvalue weighted by atomic mass is 32.2. The minimum atomic E-state index is -3.92. The maximum Gasteiger partial charge on any atom is 0.350 e. The Kier molecular flexibility index (Phi) is 5.00. The average molecular weight is 339 g/mol. The van der Waals surface area contributed by atoms with Crippen LogP contribution in [0.3, 0.4) is 0 Å². The molecule has 0 atom stereocenters. The average Bonchev–Trinajstić information content (AvgIpc) is 2.94. The van der Waals surface area contributed by atoms with Gasteiger partial charge in [0, 0.05) is 0 Å². The Morgan fingerprint density at radius 1 is 1.23 bits per heavy atom. The highest BCUT2D eigenvalue weighted by Crippen LogP contribution is 2.22. The van der Waals surface area contributed by atoms with Gasteiger partial charge in [-0.05, 0) is 28.5 Å². The number of carbonyl (C=O) groups excluding carboxylic acids is 1. The lowest BCUT2D eigenvalue weighted by Gasteiger charge is -2.08. The van der Waals surface area contributed by atoms with Crippen LogP contribution >= 0.6 is 11.3 Å². The molecule has 118 valence electrons. The van der Waals surface area contributed by atoms with Gasteiger partial charge in [-0.1, -0.05) is 38.1 Å². The molecule has 0 fully saturated rings. The van der Waals surface area contributed by atoms with E-state index in [1.54, 1.807) is 0 Å². The lowest BCUT2D eigenvalue weighted by atomic mass is 10.0. The van der Waals surface area contributed by atoms with Crippen LogP contribution in [0, 0.1) is 0 Å². The Labute approximate surface area is 133 Å². The normalized spacial score (nSPS) is 11.6. The summed E-state index contributed by atoms with van der Waals surface area (Å²) in [6.07, 6.45) is 0. The third-order valence-electron chi connectivity index (χ3n) is 3.14. The second-order valence-electron chi connectivity index (χ2n) is 5.13. The first-order chi connectivity index (χ1) is 10.3. The Morgan fingerprint density at radius 2 is 1.86 bits per heavy atom. The van der Waals surface area contributed by atoms with Crippen molar-refractivity contribution < 1.29 is 17.9 Å². The van der Waals surface area contributed by atoms with Crippen LogP contribution in [0.5, 0.6) is 0 Å². The molecule has 0 amide bonds. The van der Waals surface area contributed by atoms with Crippen molar-refractivity contribution in [3.63, 3.8) is 0 Å². The number of sulfonamides is 1. The number of esters is 1. The summed E-state index contributed by atoms with van der Waals surface area (Å²) in [5, 5.41) is 6.56. The predicted molar refractivity (Wildman–Crippen MR) is 85.3 cm³/mol. The third-order valence-corrected chi connectivity index (χ3v) is 5.11. The molecule has 0 bridgehead atoms. The lowest BCUT2D eigenvalue weighted by Crippen LogP contribution is -2.15. The standard InChI is InChI=1S/C15H17NO4S2/c1-10(2)12-5-3-11(4-6-12)9-20-15(17)14-13(7-8-21-14)22(16,18)19/h3-8,10H,9H2,1-2H3,(H2,16,18,19). The van der Waals surface area contributed by atoms with E-state index in [2.05, 4.69) is 13.8 Å². The number of hydrogen-bond donors (Lipinski definition) is 1. The van der Waals surface area contributed by atoms with Gasteiger partial charge in [-0.25, -0.2) is 18.4 Å². The third kappa shape index (κ3) is 3.94. The number of nitrogens with two attached hydrogens (primary N) is 1. The molecule has 1 aromatic heterocycles. The first kappa shape index (κ1) is 16.7. The van der Waals surface area contributed by atoms with Crippen LogP contribution in [0.15, 0.2) is 40.6 Å². The molecular weight excluding hydrogens is 322 g/mol. The van der Waals surface area contributed by atoms with Gasteiger partial charge in [0.05, 0.1) is 0 Å². The number of benzene rings is 1. The van der Waals surface area contributed by atoms with Gasteiger partial charge in [-0.15, -0.1) is 11.3 Å². The van der Waals surface area contributed by atoms with Gasteiger partial charge in [-0.3, -0.25) is 0 Å². The van der Waals surface area contributed by atoms with E-state index in [9.17, 15) is 13.2 Å². The molecule has 0 unspecified atom stereocenters. The van der Waals surface area contributed by atoms with Crippen LogP contribution in [0.25, 0.3) is 0 Å². The van der Waals surface area contributed by atoms with Gasteiger partial charge in [-0.2, -0.15) is 0 Å². The highest BCUT2D eigenvalue weighted by Gasteiger charge is 2.22. The molecule has 0 aliphatic rings. The molecule has 1 aromatic carbocycles. The zero-order valence-electron chi connectivity index (χ0n) is 12.3. The molecule has 0 aliphatic heterocycles. The Hall–Kier alpha value is -1.70. The topological polar surface area (TPSA) is 86.5 Å². The second kappa shape index (κ2) is 6.60. The van der Waals surface area contributed by atoms with Crippen molar-refractivity contribution in [2.24, 2.45) is 5.14 Å². The van der Waals surface area contributed by atoms with Gasteiger partial charge in [0.2, 0.25) is 10.0 Å². The molecule has 2 rings (SSSR count). The smallest absolute Gasteiger partial charge is 0.350 e. The van der Waals surface area contributed by atoms with Crippen molar-refractivity contribution in [3.8, 4) is 0 Å². The van der Waals surface area contributed by atoms with Crippen molar-refractivity contribution in [1.82, 2.24) is 0 Å². The molecule has 22 heavy (non-hydrogen) atoms. The van der Waals surface area contributed by atoms with E-state index in [4.69, 9.17) is 9.88 Å². The van der Waals surface area contributed by atoms with E-state index >= 15 is 0 Å². The Balaban J connectivity index is 2.06. The summed E-state index contributed by atoms with van der Waals surface area (Å²) in [6.45, 7) is 4.28. The summed E-state index contributed by atoms with van der Waals surface area (Å²) < 4.78 is 27.9. The SMILES string of the molecule is CC(C)c1ccc(COC(=O)c2sccc2S(N)(=O)=O)cc1. The van der Waals surface area contributed by atoms with Gasteiger partial charge in [0.25, 0.3) is 0 Å². The summed E-state index contributed by atoms with van der Waals surface area (Å²) in [7, 11) is -3.92. The summed E-state index contributed by atoms with van der Waals surface area (Å²) in [5.41, 5.74) is 2.04. The number of primary sulfonamides is 1. The van der Waals surface area contributed by atoms with E-state index in [-0.39, 0.29) is 16.4 Å². The van der Waals surface area contributed by atoms with E-state index in [0.29, 0.717) is 5.92 Å². The number of ether oxygens (including phenoxy) is 1. The molecule has 0 aliphatic carbocycles. The fourth-order valence-electron chi connectivity index (χ4n) is 1.88.